The quantitative estimate of drug-likeness (QED) is 0.826. The average Bonchev–Trinajstić information content (AvgIpc) is 2.89. The normalized spacial score (nSPS) is 13.2. The first-order valence-corrected chi connectivity index (χ1v) is 6.40. The number of anilines is 2. The van der Waals surface area contributed by atoms with E-state index in [1.807, 2.05) is 0 Å². The molecule has 3 rings (SSSR count). The third kappa shape index (κ3) is 4.17. The van der Waals surface area contributed by atoms with Gasteiger partial charge in [0.1, 0.15) is 5.75 Å². The fraction of sp³-hybridized carbons (Fsp3) is 0.286. The summed E-state index contributed by atoms with van der Waals surface area (Å²) in [7, 11) is 0. The van der Waals surface area contributed by atoms with Crippen molar-refractivity contribution in [3.63, 3.8) is 0 Å². The maximum Gasteiger partial charge on any atom is 0.573 e. The molecule has 113 valence electrons. The number of benzene rings is 1. The number of fused-ring (bicyclic) bond motifs is 1. The molecule has 1 N–H and O–H groups in total. The van der Waals surface area contributed by atoms with Gasteiger partial charge in [0.25, 0.3) is 0 Å². The van der Waals surface area contributed by atoms with Crippen LogP contribution in [0.5, 0.6) is 5.75 Å². The van der Waals surface area contributed by atoms with Crippen LogP contribution in [0.15, 0.2) is 24.3 Å². The first kappa shape index (κ1) is 17.2. The van der Waals surface area contributed by atoms with E-state index in [-0.39, 0.29) is 38.5 Å². The molecule has 8 heteroatoms. The van der Waals surface area contributed by atoms with Crippen molar-refractivity contribution < 1.29 is 50.6 Å². The van der Waals surface area contributed by atoms with E-state index in [1.165, 1.54) is 24.3 Å². The molecule has 4 nitrogen and oxygen atoms in total. The SMILES string of the molecule is FC(F)(F)Oc1ccc(Nc2n[c-]nc3c2CCC3)cc1.[Y]. The molecule has 22 heavy (non-hydrogen) atoms. The molecule has 0 fully saturated rings. The Kier molecular flexibility index (Phi) is 5.39. The summed E-state index contributed by atoms with van der Waals surface area (Å²) in [4.78, 5) is 8.16. The number of ether oxygens (including phenoxy) is 1. The predicted molar refractivity (Wildman–Crippen MR) is 69.3 cm³/mol. The van der Waals surface area contributed by atoms with Crippen molar-refractivity contribution >= 4 is 11.5 Å². The van der Waals surface area contributed by atoms with Gasteiger partial charge in [-0.05, 0) is 30.7 Å². The second-order valence-electron chi connectivity index (χ2n) is 4.65. The van der Waals surface area contributed by atoms with Crippen LogP contribution in [0, 0.1) is 6.33 Å². The zero-order valence-corrected chi connectivity index (χ0v) is 14.3. The Morgan fingerprint density at radius 2 is 1.82 bits per heavy atom. The Bertz CT molecular complexity index is 647. The Labute approximate surface area is 150 Å². The molecule has 1 heterocycles. The van der Waals surface area contributed by atoms with Gasteiger partial charge in [-0.1, -0.05) is 24.1 Å². The van der Waals surface area contributed by atoms with Gasteiger partial charge in [0, 0.05) is 50.5 Å². The molecule has 0 aliphatic heterocycles. The standard InChI is InChI=1S/C14H11F3N3O.Y/c15-14(16,17)21-10-6-4-9(5-7-10)20-13-11-2-1-3-12(11)18-8-19-13;/h4-7H,1-3H2,(H,18,19,20);/q-1;. The summed E-state index contributed by atoms with van der Waals surface area (Å²) in [5, 5.41) is 3.08. The molecular weight excluding hydrogens is 372 g/mol. The molecule has 0 spiro atoms. The van der Waals surface area contributed by atoms with Crippen molar-refractivity contribution in [2.75, 3.05) is 5.32 Å². The monoisotopic (exact) mass is 383 g/mol. The number of aryl methyl sites for hydroxylation is 1. The van der Waals surface area contributed by atoms with Gasteiger partial charge in [-0.3, -0.25) is 0 Å². The number of nitrogens with zero attached hydrogens (tertiary/aromatic N) is 2. The van der Waals surface area contributed by atoms with E-state index in [9.17, 15) is 13.2 Å². The van der Waals surface area contributed by atoms with Gasteiger partial charge >= 0.3 is 6.36 Å². The number of halogens is 3. The zero-order valence-electron chi connectivity index (χ0n) is 11.4. The molecule has 1 aromatic carbocycles. The van der Waals surface area contributed by atoms with E-state index >= 15 is 0 Å². The summed E-state index contributed by atoms with van der Waals surface area (Å²) in [5.41, 5.74) is 2.65. The number of hydrogen-bond acceptors (Lipinski definition) is 4. The van der Waals surface area contributed by atoms with E-state index in [0.29, 0.717) is 11.5 Å². The summed E-state index contributed by atoms with van der Waals surface area (Å²) < 4.78 is 40.1. The maximum absolute atomic E-state index is 12.1. The topological polar surface area (TPSA) is 47.0 Å². The van der Waals surface area contributed by atoms with E-state index in [2.05, 4.69) is 26.3 Å². The Morgan fingerprint density at radius 3 is 2.50 bits per heavy atom. The van der Waals surface area contributed by atoms with Crippen LogP contribution in [0.4, 0.5) is 24.7 Å². The van der Waals surface area contributed by atoms with Crippen molar-refractivity contribution in [3.05, 3.63) is 41.9 Å². The minimum absolute atomic E-state index is 0. The summed E-state index contributed by atoms with van der Waals surface area (Å²) in [6.07, 6.45) is 0.722. The molecule has 0 amide bonds. The van der Waals surface area contributed by atoms with Crippen molar-refractivity contribution in [3.8, 4) is 5.75 Å². The Hall–Kier alpha value is -1.21. The van der Waals surface area contributed by atoms with Gasteiger partial charge in [0.2, 0.25) is 0 Å². The molecule has 1 radical (unpaired) electrons. The maximum atomic E-state index is 12.1. The summed E-state index contributed by atoms with van der Waals surface area (Å²) in [6, 6.07) is 5.51. The van der Waals surface area contributed by atoms with Crippen LogP contribution in [-0.2, 0) is 45.6 Å². The van der Waals surface area contributed by atoms with E-state index < -0.39 is 6.36 Å². The van der Waals surface area contributed by atoms with Crippen LogP contribution >= 0.6 is 0 Å². The number of aromatic nitrogens is 2. The molecule has 1 aliphatic rings. The van der Waals surface area contributed by atoms with E-state index in [1.54, 1.807) is 0 Å². The van der Waals surface area contributed by atoms with Crippen LogP contribution in [0.25, 0.3) is 0 Å². The molecule has 2 aromatic rings. The number of hydrogen-bond donors (Lipinski definition) is 1. The third-order valence-corrected chi connectivity index (χ3v) is 3.17. The van der Waals surface area contributed by atoms with Crippen molar-refractivity contribution in [1.82, 2.24) is 9.97 Å². The largest absolute Gasteiger partial charge is 0.573 e. The van der Waals surface area contributed by atoms with Gasteiger partial charge in [-0.25, -0.2) is 0 Å². The first-order chi connectivity index (χ1) is 10.0. The molecule has 1 aliphatic carbocycles. The number of rotatable bonds is 3. The van der Waals surface area contributed by atoms with Crippen LogP contribution in [-0.4, -0.2) is 16.3 Å². The Morgan fingerprint density at radius 1 is 1.09 bits per heavy atom. The van der Waals surface area contributed by atoms with Gasteiger partial charge in [-0.2, -0.15) is 0 Å². The second-order valence-corrected chi connectivity index (χ2v) is 4.65. The van der Waals surface area contributed by atoms with Crippen molar-refractivity contribution in [2.24, 2.45) is 0 Å². The number of nitrogens with one attached hydrogen (secondary N) is 1. The first-order valence-electron chi connectivity index (χ1n) is 6.40. The predicted octanol–water partition coefficient (Wildman–Crippen LogP) is 3.41. The molecule has 1 aromatic heterocycles. The summed E-state index contributed by atoms with van der Waals surface area (Å²) in [5.74, 6) is 0.398. The molecule has 0 unspecified atom stereocenters. The second kappa shape index (κ2) is 6.92. The van der Waals surface area contributed by atoms with Gasteiger partial charge < -0.3 is 20.0 Å². The fourth-order valence-electron chi connectivity index (χ4n) is 2.29. The van der Waals surface area contributed by atoms with Crippen molar-refractivity contribution in [2.45, 2.75) is 25.6 Å². The van der Waals surface area contributed by atoms with Crippen LogP contribution < -0.4 is 10.1 Å². The smallest absolute Gasteiger partial charge is 0.406 e. The van der Waals surface area contributed by atoms with Crippen LogP contribution in [0.3, 0.4) is 0 Å². The molecule has 0 saturated heterocycles. The van der Waals surface area contributed by atoms with E-state index in [0.717, 1.165) is 30.5 Å². The minimum atomic E-state index is -4.68. The summed E-state index contributed by atoms with van der Waals surface area (Å²) in [6.45, 7) is 0. The zero-order chi connectivity index (χ0) is 14.9. The molecule has 0 saturated carbocycles. The van der Waals surface area contributed by atoms with Crippen LogP contribution in [0.2, 0.25) is 0 Å². The van der Waals surface area contributed by atoms with Crippen LogP contribution in [0.1, 0.15) is 17.7 Å². The van der Waals surface area contributed by atoms with Gasteiger partial charge in [0.05, 0.1) is 0 Å². The average molecular weight is 383 g/mol. The summed E-state index contributed by atoms with van der Waals surface area (Å²) >= 11 is 0. The molecule has 0 bridgehead atoms. The van der Waals surface area contributed by atoms with E-state index in [4.69, 9.17) is 0 Å². The molecule has 0 atom stereocenters. The Balaban J connectivity index is 0.00000176. The molecular formula is C14H11F3N3OY-. The van der Waals surface area contributed by atoms with Gasteiger partial charge in [-0.15, -0.1) is 13.2 Å². The third-order valence-electron chi connectivity index (χ3n) is 3.17. The minimum Gasteiger partial charge on any atom is -0.406 e. The van der Waals surface area contributed by atoms with Gasteiger partial charge in [0.15, 0.2) is 0 Å². The fourth-order valence-corrected chi connectivity index (χ4v) is 2.29. The number of alkyl halides is 3. The van der Waals surface area contributed by atoms with Crippen molar-refractivity contribution in [1.29, 1.82) is 0 Å².